The van der Waals surface area contributed by atoms with Crippen LogP contribution in [0.1, 0.15) is 33.3 Å². The predicted molar refractivity (Wildman–Crippen MR) is 81.3 cm³/mol. The van der Waals surface area contributed by atoms with Crippen molar-refractivity contribution in [2.75, 3.05) is 0 Å². The molecular weight excluding hydrogens is 324 g/mol. The van der Waals surface area contributed by atoms with Crippen LogP contribution in [-0.2, 0) is 3.74 Å². The summed E-state index contributed by atoms with van der Waals surface area (Å²) >= 11 is 0. The van der Waals surface area contributed by atoms with E-state index in [0.717, 1.165) is 20.9 Å². The third-order valence-corrected chi connectivity index (χ3v) is 6.08. The first-order chi connectivity index (χ1) is 10.1. The van der Waals surface area contributed by atoms with E-state index in [4.69, 9.17) is 3.74 Å². The topological polar surface area (TPSA) is 78.4 Å². The maximum atomic E-state index is 11.0. The molecule has 1 aromatic carbocycles. The quantitative estimate of drug-likeness (QED) is 0.776. The Morgan fingerprint density at radius 3 is 2.09 bits per heavy atom. The van der Waals surface area contributed by atoms with Gasteiger partial charge in [0.25, 0.3) is 0 Å². The second kappa shape index (κ2) is 6.28. The molecule has 0 spiro atoms. The Hall–Kier alpha value is -0.950. The Bertz CT molecular complexity index is 649. The van der Waals surface area contributed by atoms with Gasteiger partial charge in [-0.1, -0.05) is 51.1 Å². The van der Waals surface area contributed by atoms with Crippen LogP contribution in [-0.4, -0.2) is 4.86 Å². The maximum absolute atomic E-state index is 11.0. The third-order valence-electron chi connectivity index (χ3n) is 3.12. The van der Waals surface area contributed by atoms with Gasteiger partial charge < -0.3 is 0 Å². The van der Waals surface area contributed by atoms with Crippen molar-refractivity contribution >= 4 is 21.2 Å². The van der Waals surface area contributed by atoms with Crippen LogP contribution in [0, 0.1) is 15.7 Å². The first-order valence-electron chi connectivity index (χ1n) is 6.76. The first-order valence-corrected chi connectivity index (χ1v) is 9.14. The number of hydrogen-bond donors (Lipinski definition) is 0. The lowest BCUT2D eigenvalue weighted by Gasteiger charge is -2.27. The molecule has 0 saturated carbocycles. The van der Waals surface area contributed by atoms with Gasteiger partial charge in [-0.15, -0.1) is 0 Å². The molecule has 0 fully saturated rings. The van der Waals surface area contributed by atoms with Gasteiger partial charge in [0.15, 0.2) is 0 Å². The molecule has 0 aromatic heterocycles. The molecule has 4 nitrogen and oxygen atoms in total. The summed E-state index contributed by atoms with van der Waals surface area (Å²) in [6, 6.07) is 9.81. The summed E-state index contributed by atoms with van der Waals surface area (Å²) in [6.45, 7) is 7.69. The number of hydrogen-bond acceptors (Lipinski definition) is 4. The Morgan fingerprint density at radius 1 is 1.00 bits per heavy atom. The zero-order valence-corrected chi connectivity index (χ0v) is 14.5. The van der Waals surface area contributed by atoms with Gasteiger partial charge in [0.2, 0.25) is 0 Å². The molecular formula is C16H19ClO4S. The standard InChI is InChI=1S/C16H19ClO4S/c1-12-10-14(13-8-6-5-7-9-13)11-15(16(2,3)4)22(12)21-17(18,19)20/h5-11H,1-4H3. The number of halogens is 1. The Morgan fingerprint density at radius 2 is 1.59 bits per heavy atom. The molecule has 1 unspecified atom stereocenters. The fourth-order valence-electron chi connectivity index (χ4n) is 2.14. The highest BCUT2D eigenvalue weighted by Gasteiger charge is 2.34. The van der Waals surface area contributed by atoms with E-state index in [0.29, 0.717) is 0 Å². The predicted octanol–water partition coefficient (Wildman–Crippen LogP) is 1.30. The summed E-state index contributed by atoms with van der Waals surface area (Å²) in [4.78, 5) is 1.51. The minimum Gasteiger partial charge on any atom is -0.182 e. The lowest BCUT2D eigenvalue weighted by Crippen LogP contribution is -2.60. The average Bonchev–Trinajstić information content (AvgIpc) is 2.39. The van der Waals surface area contributed by atoms with Gasteiger partial charge in [-0.2, -0.15) is 14.0 Å². The lowest BCUT2D eigenvalue weighted by atomic mass is 9.93. The normalized spacial score (nSPS) is 19.8. The zero-order chi connectivity index (χ0) is 16.5. The van der Waals surface area contributed by atoms with E-state index in [1.165, 1.54) is 0 Å². The molecule has 1 heterocycles. The molecule has 1 aromatic rings. The summed E-state index contributed by atoms with van der Waals surface area (Å²) in [6.07, 6.45) is 3.79. The molecule has 6 heteroatoms. The fourth-order valence-corrected chi connectivity index (χ4v) is 4.79. The second-order valence-corrected chi connectivity index (χ2v) is 8.93. The van der Waals surface area contributed by atoms with E-state index in [1.54, 1.807) is 6.92 Å². The second-order valence-electron chi connectivity index (χ2n) is 6.04. The van der Waals surface area contributed by atoms with Crippen LogP contribution >= 0.6 is 10.8 Å². The van der Waals surface area contributed by atoms with Gasteiger partial charge >= 0.3 is 0 Å². The average molecular weight is 343 g/mol. The highest BCUT2D eigenvalue weighted by Crippen LogP contribution is 2.46. The molecule has 0 saturated heterocycles. The molecule has 22 heavy (non-hydrogen) atoms. The molecule has 1 atom stereocenters. The maximum Gasteiger partial charge on any atom is 0.141 e. The van der Waals surface area contributed by atoms with Crippen LogP contribution < -0.4 is 14.0 Å². The molecule has 2 rings (SSSR count). The van der Waals surface area contributed by atoms with E-state index in [1.807, 2.05) is 63.3 Å². The summed E-state index contributed by atoms with van der Waals surface area (Å²) in [7, 11) is -5.64. The van der Waals surface area contributed by atoms with Crippen molar-refractivity contribution in [2.24, 2.45) is 5.41 Å². The highest BCUT2D eigenvalue weighted by molar-refractivity contribution is 8.15. The molecule has 0 radical (unpaired) electrons. The number of allylic oxidation sites excluding steroid dienone is 4. The fraction of sp³-hybridized carbons (Fsp3) is 0.312. The summed E-state index contributed by atoms with van der Waals surface area (Å²) in [5.74, 6) is 0. The van der Waals surface area contributed by atoms with Crippen LogP contribution in [0.5, 0.6) is 0 Å². The van der Waals surface area contributed by atoms with Crippen molar-refractivity contribution in [3.8, 4) is 0 Å². The SMILES string of the molecule is CC1=S(O[Cl+3]([O-])([O-])[O-])C(C(C)(C)C)=CC(c2ccccc2)=C1. The van der Waals surface area contributed by atoms with Crippen LogP contribution in [0.25, 0.3) is 5.57 Å². The van der Waals surface area contributed by atoms with Gasteiger partial charge in [-0.05, 0) is 35.6 Å². The first kappa shape index (κ1) is 17.4. The van der Waals surface area contributed by atoms with Crippen LogP contribution in [0.4, 0.5) is 0 Å². The number of rotatable bonds is 3. The van der Waals surface area contributed by atoms with Crippen molar-refractivity contribution in [1.29, 1.82) is 0 Å². The minimum absolute atomic E-state index is 0.321. The smallest absolute Gasteiger partial charge is 0.141 e. The van der Waals surface area contributed by atoms with Crippen LogP contribution in [0.3, 0.4) is 0 Å². The Balaban J connectivity index is 2.55. The van der Waals surface area contributed by atoms with Gasteiger partial charge in [0, 0.05) is 9.77 Å². The van der Waals surface area contributed by atoms with E-state index < -0.39 is 21.0 Å². The van der Waals surface area contributed by atoms with E-state index >= 15 is 0 Å². The highest BCUT2D eigenvalue weighted by atomic mass is 35.7. The summed E-state index contributed by atoms with van der Waals surface area (Å²) in [5.41, 5.74) is 1.70. The van der Waals surface area contributed by atoms with Gasteiger partial charge in [0.05, 0.1) is 10.2 Å². The molecule has 0 amide bonds. The van der Waals surface area contributed by atoms with Crippen molar-refractivity contribution in [3.05, 3.63) is 53.0 Å². The minimum atomic E-state index is -4.47. The molecule has 120 valence electrons. The van der Waals surface area contributed by atoms with Gasteiger partial charge in [-0.25, -0.2) is 0 Å². The summed E-state index contributed by atoms with van der Waals surface area (Å²) in [5, 5.41) is 0. The molecule has 0 bridgehead atoms. The lowest BCUT2D eigenvalue weighted by molar-refractivity contribution is -1.91. The Labute approximate surface area is 135 Å². The van der Waals surface area contributed by atoms with Crippen molar-refractivity contribution in [3.63, 3.8) is 0 Å². The van der Waals surface area contributed by atoms with Gasteiger partial charge in [0.1, 0.15) is 14.5 Å². The largest absolute Gasteiger partial charge is 0.182 e. The monoisotopic (exact) mass is 342 g/mol. The van der Waals surface area contributed by atoms with E-state index in [-0.39, 0.29) is 5.41 Å². The zero-order valence-electron chi connectivity index (χ0n) is 13.0. The van der Waals surface area contributed by atoms with Crippen LogP contribution in [0.15, 0.2) is 47.4 Å². The summed E-state index contributed by atoms with van der Waals surface area (Å²) < 4.78 is 37.8. The van der Waals surface area contributed by atoms with Crippen molar-refractivity contribution in [2.45, 2.75) is 27.7 Å². The Kier molecular flexibility index (Phi) is 4.96. The molecule has 0 aliphatic carbocycles. The molecule has 0 N–H and O–H groups in total. The van der Waals surface area contributed by atoms with Crippen LogP contribution in [0.2, 0.25) is 0 Å². The molecule has 1 aliphatic rings. The van der Waals surface area contributed by atoms with Gasteiger partial charge in [-0.3, -0.25) is 0 Å². The third kappa shape index (κ3) is 4.29. The van der Waals surface area contributed by atoms with Crippen molar-refractivity contribution in [1.82, 2.24) is 0 Å². The van der Waals surface area contributed by atoms with E-state index in [2.05, 4.69) is 0 Å². The van der Waals surface area contributed by atoms with Crippen molar-refractivity contribution < 1.29 is 28.0 Å². The van der Waals surface area contributed by atoms with E-state index in [9.17, 15) is 14.0 Å². The molecule has 1 aliphatic heterocycles. The number of benzene rings is 1.